The molecule has 0 atom stereocenters. The molecule has 0 unspecified atom stereocenters. The maximum absolute atomic E-state index is 13.3. The molecule has 0 saturated carbocycles. The molecular weight excluding hydrogens is 355 g/mol. The van der Waals surface area contributed by atoms with Crippen LogP contribution in [0, 0.1) is 12.7 Å². The molecule has 4 aromatic rings. The standard InChI is InChI=1S/C19H12ClFN4O/c1-10-8-12(9-15(20)22-10)18-17(11-2-4-13(21)5-3-11)25-19-14(23-18)6-7-16(26)24-19/h2-9H,1H3,(H,24,25,26). The zero-order chi connectivity index (χ0) is 18.3. The van der Waals surface area contributed by atoms with Gasteiger partial charge in [0.2, 0.25) is 5.56 Å². The van der Waals surface area contributed by atoms with E-state index in [1.54, 1.807) is 24.3 Å². The van der Waals surface area contributed by atoms with Crippen LogP contribution in [0.15, 0.2) is 53.3 Å². The van der Waals surface area contributed by atoms with E-state index in [0.29, 0.717) is 33.3 Å². The summed E-state index contributed by atoms with van der Waals surface area (Å²) in [6.45, 7) is 1.83. The third kappa shape index (κ3) is 3.07. The Morgan fingerprint density at radius 2 is 1.65 bits per heavy atom. The Hall–Kier alpha value is -3.12. The van der Waals surface area contributed by atoms with Crippen LogP contribution >= 0.6 is 11.6 Å². The number of fused-ring (bicyclic) bond motifs is 1. The lowest BCUT2D eigenvalue weighted by Gasteiger charge is -2.11. The van der Waals surface area contributed by atoms with E-state index in [9.17, 15) is 9.18 Å². The van der Waals surface area contributed by atoms with Gasteiger partial charge < -0.3 is 4.98 Å². The van der Waals surface area contributed by atoms with Crippen LogP contribution in [-0.4, -0.2) is 19.9 Å². The highest BCUT2D eigenvalue weighted by atomic mass is 35.5. The lowest BCUT2D eigenvalue weighted by Crippen LogP contribution is -2.06. The van der Waals surface area contributed by atoms with Gasteiger partial charge in [0.15, 0.2) is 5.65 Å². The Balaban J connectivity index is 2.05. The van der Waals surface area contributed by atoms with Crippen LogP contribution in [0.2, 0.25) is 5.15 Å². The minimum absolute atomic E-state index is 0.271. The number of aromatic amines is 1. The molecular formula is C19H12ClFN4O. The van der Waals surface area contributed by atoms with Crippen molar-refractivity contribution >= 4 is 22.8 Å². The number of pyridine rings is 2. The molecule has 0 fully saturated rings. The average molecular weight is 367 g/mol. The number of halogens is 2. The highest BCUT2D eigenvalue weighted by Crippen LogP contribution is 2.31. The third-order valence-corrected chi connectivity index (χ3v) is 4.06. The molecule has 1 N–H and O–H groups in total. The monoisotopic (exact) mass is 366 g/mol. The van der Waals surface area contributed by atoms with Crippen molar-refractivity contribution in [2.24, 2.45) is 0 Å². The van der Waals surface area contributed by atoms with Gasteiger partial charge in [-0.25, -0.2) is 19.3 Å². The summed E-state index contributed by atoms with van der Waals surface area (Å²) < 4.78 is 13.3. The summed E-state index contributed by atoms with van der Waals surface area (Å²) in [5.74, 6) is -0.347. The zero-order valence-corrected chi connectivity index (χ0v) is 14.4. The van der Waals surface area contributed by atoms with Crippen molar-refractivity contribution in [3.05, 3.63) is 75.5 Å². The Morgan fingerprint density at radius 3 is 2.38 bits per heavy atom. The first-order valence-electron chi connectivity index (χ1n) is 7.81. The van der Waals surface area contributed by atoms with E-state index >= 15 is 0 Å². The van der Waals surface area contributed by atoms with E-state index < -0.39 is 0 Å². The summed E-state index contributed by atoms with van der Waals surface area (Å²) >= 11 is 6.10. The van der Waals surface area contributed by atoms with Crippen LogP contribution in [0.4, 0.5) is 4.39 Å². The van der Waals surface area contributed by atoms with Crippen molar-refractivity contribution < 1.29 is 4.39 Å². The SMILES string of the molecule is Cc1cc(-c2nc3ccc(=O)[nH]c3nc2-c2ccc(F)cc2)cc(Cl)n1. The maximum Gasteiger partial charge on any atom is 0.249 e. The highest BCUT2D eigenvalue weighted by molar-refractivity contribution is 6.29. The Morgan fingerprint density at radius 1 is 0.923 bits per heavy atom. The van der Waals surface area contributed by atoms with Crippen molar-refractivity contribution in [1.82, 2.24) is 19.9 Å². The normalized spacial score (nSPS) is 11.0. The second-order valence-electron chi connectivity index (χ2n) is 5.80. The number of aromatic nitrogens is 4. The Labute approximate surface area is 152 Å². The molecule has 128 valence electrons. The molecule has 3 heterocycles. The molecule has 0 amide bonds. The lowest BCUT2D eigenvalue weighted by molar-refractivity contribution is 0.628. The van der Waals surface area contributed by atoms with Crippen molar-refractivity contribution in [2.45, 2.75) is 6.92 Å². The predicted octanol–water partition coefficient (Wildman–Crippen LogP) is 4.15. The topological polar surface area (TPSA) is 71.5 Å². The van der Waals surface area contributed by atoms with Crippen molar-refractivity contribution in [3.8, 4) is 22.5 Å². The summed E-state index contributed by atoms with van der Waals surface area (Å²) in [6, 6.07) is 12.5. The first-order chi connectivity index (χ1) is 12.5. The quantitative estimate of drug-likeness (QED) is 0.541. The number of nitrogens with one attached hydrogen (secondary N) is 1. The molecule has 3 aromatic heterocycles. The van der Waals surface area contributed by atoms with Crippen LogP contribution in [-0.2, 0) is 0 Å². The van der Waals surface area contributed by atoms with Crippen molar-refractivity contribution in [2.75, 3.05) is 0 Å². The van der Waals surface area contributed by atoms with Crippen LogP contribution in [0.5, 0.6) is 0 Å². The van der Waals surface area contributed by atoms with Crippen LogP contribution < -0.4 is 5.56 Å². The number of hydrogen-bond acceptors (Lipinski definition) is 4. The third-order valence-electron chi connectivity index (χ3n) is 3.87. The first kappa shape index (κ1) is 16.4. The molecule has 1 aromatic carbocycles. The van der Waals surface area contributed by atoms with E-state index in [2.05, 4.69) is 19.9 Å². The van der Waals surface area contributed by atoms with Gasteiger partial charge in [-0.2, -0.15) is 0 Å². The minimum atomic E-state index is -0.347. The van der Waals surface area contributed by atoms with Gasteiger partial charge in [0.1, 0.15) is 16.5 Å². The number of H-pyrrole nitrogens is 1. The maximum atomic E-state index is 13.3. The number of rotatable bonds is 2. The minimum Gasteiger partial charge on any atom is -0.305 e. The van der Waals surface area contributed by atoms with E-state index in [0.717, 1.165) is 11.3 Å². The molecule has 0 radical (unpaired) electrons. The van der Waals surface area contributed by atoms with Gasteiger partial charge in [0, 0.05) is 22.9 Å². The van der Waals surface area contributed by atoms with E-state index in [-0.39, 0.29) is 11.4 Å². The van der Waals surface area contributed by atoms with Gasteiger partial charge in [-0.3, -0.25) is 4.79 Å². The lowest BCUT2D eigenvalue weighted by atomic mass is 10.0. The molecule has 0 aliphatic rings. The van der Waals surface area contributed by atoms with Gasteiger partial charge in [0.25, 0.3) is 0 Å². The molecule has 0 bridgehead atoms. The predicted molar refractivity (Wildman–Crippen MR) is 98.5 cm³/mol. The zero-order valence-electron chi connectivity index (χ0n) is 13.6. The van der Waals surface area contributed by atoms with E-state index in [1.165, 1.54) is 18.2 Å². The second-order valence-corrected chi connectivity index (χ2v) is 6.19. The van der Waals surface area contributed by atoms with Crippen LogP contribution in [0.25, 0.3) is 33.7 Å². The van der Waals surface area contributed by atoms with E-state index in [1.807, 2.05) is 13.0 Å². The molecule has 0 aliphatic carbocycles. The largest absolute Gasteiger partial charge is 0.305 e. The van der Waals surface area contributed by atoms with Gasteiger partial charge in [-0.15, -0.1) is 0 Å². The van der Waals surface area contributed by atoms with Gasteiger partial charge in [0.05, 0.1) is 11.4 Å². The molecule has 4 rings (SSSR count). The summed E-state index contributed by atoms with van der Waals surface area (Å²) in [5.41, 5.74) is 3.86. The molecule has 5 nitrogen and oxygen atoms in total. The summed E-state index contributed by atoms with van der Waals surface area (Å²) in [6.07, 6.45) is 0. The average Bonchev–Trinajstić information content (AvgIpc) is 2.60. The van der Waals surface area contributed by atoms with Gasteiger partial charge in [-0.1, -0.05) is 11.6 Å². The number of hydrogen-bond donors (Lipinski definition) is 1. The fraction of sp³-hybridized carbons (Fsp3) is 0.0526. The molecule has 26 heavy (non-hydrogen) atoms. The second kappa shape index (κ2) is 6.31. The number of nitrogens with zero attached hydrogens (tertiary/aromatic N) is 3. The van der Waals surface area contributed by atoms with Gasteiger partial charge in [-0.05, 0) is 49.4 Å². The summed E-state index contributed by atoms with van der Waals surface area (Å²) in [7, 11) is 0. The molecule has 0 spiro atoms. The smallest absolute Gasteiger partial charge is 0.249 e. The van der Waals surface area contributed by atoms with Gasteiger partial charge >= 0.3 is 0 Å². The van der Waals surface area contributed by atoms with E-state index in [4.69, 9.17) is 11.6 Å². The number of benzene rings is 1. The van der Waals surface area contributed by atoms with Crippen molar-refractivity contribution in [3.63, 3.8) is 0 Å². The fourth-order valence-corrected chi connectivity index (χ4v) is 3.00. The fourth-order valence-electron chi connectivity index (χ4n) is 2.74. The Kier molecular flexibility index (Phi) is 3.97. The molecule has 0 aliphatic heterocycles. The summed E-state index contributed by atoms with van der Waals surface area (Å²) in [5, 5.41) is 0.341. The highest BCUT2D eigenvalue weighted by Gasteiger charge is 2.15. The van der Waals surface area contributed by atoms with Crippen LogP contribution in [0.3, 0.4) is 0 Å². The summed E-state index contributed by atoms with van der Waals surface area (Å²) in [4.78, 5) is 27.7. The van der Waals surface area contributed by atoms with Crippen LogP contribution in [0.1, 0.15) is 5.69 Å². The molecule has 0 saturated heterocycles. The number of aryl methyl sites for hydroxylation is 1. The Bertz CT molecular complexity index is 1170. The molecule has 7 heteroatoms. The first-order valence-corrected chi connectivity index (χ1v) is 8.19. The van der Waals surface area contributed by atoms with Crippen molar-refractivity contribution in [1.29, 1.82) is 0 Å².